The number of aliphatic hydroxyl groups is 1. The summed E-state index contributed by atoms with van der Waals surface area (Å²) in [6, 6.07) is 1.89. The predicted octanol–water partition coefficient (Wildman–Crippen LogP) is 3.75. The molecule has 2 amide bonds. The molecule has 2 N–H and O–H groups in total. The number of carbonyl (C=O) groups excluding carboxylic acids is 2. The van der Waals surface area contributed by atoms with E-state index in [1.165, 1.54) is 17.0 Å². The monoisotopic (exact) mass is 572 g/mol. The van der Waals surface area contributed by atoms with Crippen molar-refractivity contribution < 1.29 is 45.1 Å². The number of carbonyl (C=O) groups is 2. The second kappa shape index (κ2) is 9.54. The van der Waals surface area contributed by atoms with Crippen LogP contribution >= 0.6 is 0 Å². The van der Waals surface area contributed by atoms with Crippen LogP contribution in [0, 0.1) is 23.5 Å². The summed E-state index contributed by atoms with van der Waals surface area (Å²) >= 11 is 0. The van der Waals surface area contributed by atoms with E-state index in [0.29, 0.717) is 25.3 Å². The number of rotatable bonds is 7. The van der Waals surface area contributed by atoms with Crippen LogP contribution in [-0.4, -0.2) is 48.6 Å². The smallest absolute Gasteiger partial charge is 0.392 e. The number of alkyl halides is 3. The normalized spacial score (nSPS) is 23.4. The molecule has 39 heavy (non-hydrogen) atoms. The molecule has 4 atom stereocenters. The Morgan fingerprint density at radius 2 is 1.79 bits per heavy atom. The summed E-state index contributed by atoms with van der Waals surface area (Å²) in [4.78, 5) is 28.2. The third-order valence-electron chi connectivity index (χ3n) is 7.67. The number of sulfone groups is 1. The molecule has 2 saturated carbocycles. The molecule has 0 spiro atoms. The summed E-state index contributed by atoms with van der Waals surface area (Å²) in [7, 11) is -3.68. The minimum atomic E-state index is -5.09. The quantitative estimate of drug-likeness (QED) is 0.492. The predicted molar refractivity (Wildman–Crippen MR) is 127 cm³/mol. The zero-order chi connectivity index (χ0) is 28.4. The van der Waals surface area contributed by atoms with Crippen LogP contribution in [0.2, 0.25) is 0 Å². The molecule has 3 aliphatic rings. The maximum Gasteiger partial charge on any atom is 0.419 e. The minimum Gasteiger partial charge on any atom is -0.392 e. The summed E-state index contributed by atoms with van der Waals surface area (Å²) in [5.74, 6) is -4.57. The van der Waals surface area contributed by atoms with E-state index in [1.54, 1.807) is 0 Å². The van der Waals surface area contributed by atoms with E-state index in [-0.39, 0.29) is 46.4 Å². The Morgan fingerprint density at radius 3 is 2.38 bits per heavy atom. The molecule has 1 heterocycles. The molecule has 0 bridgehead atoms. The standard InChI is InChI=1S/C26H25F5N2O5S/c1-39(37,38)15-5-4-13(11-34)16(8-15)25(36)33-21-6-14(21)7-22(33)24(35)32-23(12-2-3-12)17-9-20(28)18(10-19(17)27)26(29,30)31/h4-5,8-10,12,14,21-23,34H,2-3,6-7,11H2,1H3,(H,32,35)/t14-,21-,22?,23?/m1/s1. The van der Waals surface area contributed by atoms with Gasteiger partial charge in [0.2, 0.25) is 5.91 Å². The summed E-state index contributed by atoms with van der Waals surface area (Å²) < 4.78 is 92.3. The summed E-state index contributed by atoms with van der Waals surface area (Å²) in [6.07, 6.45) is -2.12. The largest absolute Gasteiger partial charge is 0.419 e. The molecule has 0 aromatic heterocycles. The Balaban J connectivity index is 1.43. The van der Waals surface area contributed by atoms with E-state index in [0.717, 1.165) is 12.3 Å². The van der Waals surface area contributed by atoms with Crippen molar-refractivity contribution in [2.75, 3.05) is 6.26 Å². The van der Waals surface area contributed by atoms with Crippen molar-refractivity contribution in [1.82, 2.24) is 10.2 Å². The molecule has 210 valence electrons. The SMILES string of the molecule is CS(=O)(=O)c1ccc(CO)c(C(=O)N2C(C(=O)NC(c3cc(F)c(C(F)(F)F)cc3F)C3CC3)C[C@H]3C[C@H]32)c1. The Bertz CT molecular complexity index is 1460. The molecule has 7 nitrogen and oxygen atoms in total. The van der Waals surface area contributed by atoms with E-state index in [4.69, 9.17) is 0 Å². The zero-order valence-corrected chi connectivity index (χ0v) is 21.5. The van der Waals surface area contributed by atoms with E-state index in [1.807, 2.05) is 0 Å². The van der Waals surface area contributed by atoms with Gasteiger partial charge in [-0.3, -0.25) is 9.59 Å². The van der Waals surface area contributed by atoms with Gasteiger partial charge in [0.1, 0.15) is 17.7 Å². The first-order valence-electron chi connectivity index (χ1n) is 12.3. The number of aliphatic hydroxyl groups excluding tert-OH is 1. The van der Waals surface area contributed by atoms with Crippen molar-refractivity contribution in [1.29, 1.82) is 0 Å². The minimum absolute atomic E-state index is 0.0139. The Kier molecular flexibility index (Phi) is 6.73. The lowest BCUT2D eigenvalue weighted by molar-refractivity contribution is -0.140. The number of nitrogens with one attached hydrogen (secondary N) is 1. The lowest BCUT2D eigenvalue weighted by Gasteiger charge is -2.30. The maximum atomic E-state index is 14.8. The highest BCUT2D eigenvalue weighted by molar-refractivity contribution is 7.90. The van der Waals surface area contributed by atoms with Gasteiger partial charge in [-0.1, -0.05) is 6.07 Å². The third-order valence-corrected chi connectivity index (χ3v) is 8.78. The Labute approximate surface area is 220 Å². The lowest BCUT2D eigenvalue weighted by atomic mass is 9.98. The van der Waals surface area contributed by atoms with Gasteiger partial charge in [-0.2, -0.15) is 13.2 Å². The van der Waals surface area contributed by atoms with Crippen molar-refractivity contribution in [2.45, 2.75) is 61.5 Å². The second-order valence-corrected chi connectivity index (χ2v) is 12.5. The van der Waals surface area contributed by atoms with Crippen molar-refractivity contribution in [3.63, 3.8) is 0 Å². The molecule has 2 unspecified atom stereocenters. The molecule has 0 radical (unpaired) electrons. The average Bonchev–Trinajstić information content (AvgIpc) is 3.79. The zero-order valence-electron chi connectivity index (χ0n) is 20.6. The first kappa shape index (κ1) is 27.5. The fourth-order valence-corrected chi connectivity index (χ4v) is 6.04. The molecule has 13 heteroatoms. The van der Waals surface area contributed by atoms with Crippen LogP contribution in [0.15, 0.2) is 35.2 Å². The number of hydrogen-bond donors (Lipinski definition) is 2. The van der Waals surface area contributed by atoms with Gasteiger partial charge in [-0.15, -0.1) is 0 Å². The van der Waals surface area contributed by atoms with E-state index >= 15 is 0 Å². The highest BCUT2D eigenvalue weighted by Gasteiger charge is 2.56. The summed E-state index contributed by atoms with van der Waals surface area (Å²) in [6.45, 7) is -0.549. The van der Waals surface area contributed by atoms with Gasteiger partial charge in [-0.05, 0) is 67.3 Å². The first-order valence-corrected chi connectivity index (χ1v) is 14.2. The number of fused-ring (bicyclic) bond motifs is 1. The van der Waals surface area contributed by atoms with Gasteiger partial charge in [0.05, 0.1) is 23.1 Å². The van der Waals surface area contributed by atoms with E-state index in [9.17, 15) is 45.1 Å². The topological polar surface area (TPSA) is 104 Å². The molecule has 2 aliphatic carbocycles. The van der Waals surface area contributed by atoms with Gasteiger partial charge in [0, 0.05) is 23.4 Å². The number of likely N-dealkylation sites (tertiary alicyclic amines) is 1. The number of piperidine rings is 1. The number of amides is 2. The number of nitrogens with zero attached hydrogens (tertiary/aromatic N) is 1. The fourth-order valence-electron chi connectivity index (χ4n) is 5.39. The van der Waals surface area contributed by atoms with Crippen molar-refractivity contribution in [3.8, 4) is 0 Å². The molecule has 1 saturated heterocycles. The van der Waals surface area contributed by atoms with Crippen LogP contribution in [0.4, 0.5) is 22.0 Å². The van der Waals surface area contributed by atoms with Crippen LogP contribution < -0.4 is 5.32 Å². The van der Waals surface area contributed by atoms with Gasteiger partial charge >= 0.3 is 6.18 Å². The average molecular weight is 573 g/mol. The lowest BCUT2D eigenvalue weighted by Crippen LogP contribution is -2.49. The van der Waals surface area contributed by atoms with E-state index < -0.39 is 69.3 Å². The molecule has 5 rings (SSSR count). The number of hydrogen-bond acceptors (Lipinski definition) is 5. The van der Waals surface area contributed by atoms with Crippen molar-refractivity contribution in [3.05, 3.63) is 64.2 Å². The van der Waals surface area contributed by atoms with Gasteiger partial charge in [0.25, 0.3) is 5.91 Å². The third kappa shape index (κ3) is 5.25. The van der Waals surface area contributed by atoms with Crippen LogP contribution in [0.5, 0.6) is 0 Å². The van der Waals surface area contributed by atoms with Crippen LogP contribution in [0.25, 0.3) is 0 Å². The fraction of sp³-hybridized carbons (Fsp3) is 0.462. The second-order valence-electron chi connectivity index (χ2n) is 10.5. The molecular formula is C26H25F5N2O5S. The highest BCUT2D eigenvalue weighted by atomic mass is 32.2. The van der Waals surface area contributed by atoms with Crippen LogP contribution in [0.3, 0.4) is 0 Å². The number of halogens is 5. The molecule has 3 fully saturated rings. The number of benzene rings is 2. The summed E-state index contributed by atoms with van der Waals surface area (Å²) in [5, 5.41) is 12.4. The van der Waals surface area contributed by atoms with Gasteiger partial charge < -0.3 is 15.3 Å². The van der Waals surface area contributed by atoms with Crippen LogP contribution in [0.1, 0.15) is 58.8 Å². The van der Waals surface area contributed by atoms with Crippen molar-refractivity contribution >= 4 is 21.7 Å². The molecule has 2 aromatic rings. The van der Waals surface area contributed by atoms with Gasteiger partial charge in [-0.25, -0.2) is 17.2 Å². The maximum absolute atomic E-state index is 14.8. The first-order chi connectivity index (χ1) is 18.2. The highest BCUT2D eigenvalue weighted by Crippen LogP contribution is 2.49. The van der Waals surface area contributed by atoms with Crippen LogP contribution in [-0.2, 0) is 27.4 Å². The Hall–Kier alpha value is -3.06. The van der Waals surface area contributed by atoms with Gasteiger partial charge in [0.15, 0.2) is 9.84 Å². The van der Waals surface area contributed by atoms with Crippen molar-refractivity contribution in [2.24, 2.45) is 11.8 Å². The molecular weight excluding hydrogens is 547 g/mol. The molecule has 1 aliphatic heterocycles. The Morgan fingerprint density at radius 1 is 1.10 bits per heavy atom. The molecule has 2 aromatic carbocycles. The summed E-state index contributed by atoms with van der Waals surface area (Å²) in [5.41, 5.74) is -2.04. The van der Waals surface area contributed by atoms with E-state index in [2.05, 4.69) is 5.32 Å².